The van der Waals surface area contributed by atoms with Crippen molar-refractivity contribution in [2.45, 2.75) is 141 Å². The largest absolute Gasteiger partial charge is 0.489 e. The number of H-pyrrole nitrogens is 1. The zero-order chi connectivity index (χ0) is 58.1. The van der Waals surface area contributed by atoms with E-state index in [1.165, 1.54) is 4.90 Å². The van der Waals surface area contributed by atoms with E-state index < -0.39 is 90.1 Å². The second-order valence-electron chi connectivity index (χ2n) is 21.9. The van der Waals surface area contributed by atoms with Gasteiger partial charge in [0.25, 0.3) is 0 Å². The standard InChI is InChI=1S/C65H78N8O9/c1-6-7-8-9-14-54-61(76)71-55(33-45-25-29-49(30-26-45)81-40-46-23-17-42(3)18-24-46)62(77)72-57(34-44-21-15-41(2)16-22-44)64(79)73-39-50(82-65(80)67-32-31-66-5)36-58(73)59(74)37-52(47-27-19-43(4)20-28-47)60(75)70-56(63(78)69-54)35-48-38-68-53-13-11-10-12-51(48)53/h10-13,15-30,38,50,52,54-58,66,68H,6-9,14,31-37,39-40H2,1-5H3,(H,67,80)(H,69,78)(H,70,75)(H,71,76)(H,72,77)/t50-,52+,54+,55+,56-,57+,58+/m1/s1. The first kappa shape index (κ1) is 59.8. The fourth-order valence-corrected chi connectivity index (χ4v) is 10.7. The summed E-state index contributed by atoms with van der Waals surface area (Å²) < 4.78 is 12.0. The van der Waals surface area contributed by atoms with Gasteiger partial charge in [-0.05, 0) is 80.3 Å². The Kier molecular flexibility index (Phi) is 21.1. The summed E-state index contributed by atoms with van der Waals surface area (Å²) in [6.45, 7) is 8.80. The zero-order valence-corrected chi connectivity index (χ0v) is 47.7. The number of para-hydroxylation sites is 1. The molecule has 0 spiro atoms. The Morgan fingerprint density at radius 1 is 0.622 bits per heavy atom. The van der Waals surface area contributed by atoms with Crippen LogP contribution in [0.3, 0.4) is 0 Å². The van der Waals surface area contributed by atoms with Crippen LogP contribution in [-0.4, -0.2) is 114 Å². The molecule has 5 aromatic carbocycles. The highest BCUT2D eigenvalue weighted by Crippen LogP contribution is 2.30. The number of nitrogens with one attached hydrogen (secondary N) is 7. The summed E-state index contributed by atoms with van der Waals surface area (Å²) in [5.74, 6) is -4.23. The number of carbonyl (C=O) groups excluding carboxylic acids is 7. The van der Waals surface area contributed by atoms with E-state index in [0.717, 1.165) is 58.0 Å². The monoisotopic (exact) mass is 1110 g/mol. The SMILES string of the molecule is CCCCCC[C@@H]1NC(=O)[C@@H](Cc2c[nH]c3ccccc23)NC(=O)[C@H](c2ccc(C)cc2)CC(=O)[C@@H]2C[C@@H](OC(=O)NCCNC)CN2C(=O)[C@H](Cc2ccc(C)cc2)NC(=O)[C@H](Cc2ccc(OCc3ccc(C)cc3)cc2)NC1=O. The molecule has 17 nitrogen and oxygen atoms in total. The van der Waals surface area contributed by atoms with Crippen LogP contribution in [0.15, 0.2) is 128 Å². The number of carbonyl (C=O) groups is 7. The molecule has 0 radical (unpaired) electrons. The molecule has 0 saturated carbocycles. The second kappa shape index (κ2) is 28.9. The summed E-state index contributed by atoms with van der Waals surface area (Å²) >= 11 is 0. The molecular weight excluding hydrogens is 1040 g/mol. The van der Waals surface area contributed by atoms with Gasteiger partial charge in [0.1, 0.15) is 42.6 Å². The van der Waals surface area contributed by atoms with Gasteiger partial charge < -0.3 is 51.3 Å². The van der Waals surface area contributed by atoms with Gasteiger partial charge in [0.15, 0.2) is 5.78 Å². The minimum absolute atomic E-state index is 0.00565. The number of rotatable bonds is 19. The van der Waals surface area contributed by atoms with E-state index in [-0.39, 0.29) is 45.2 Å². The maximum Gasteiger partial charge on any atom is 0.407 e. The molecular formula is C65H78N8O9. The second-order valence-corrected chi connectivity index (χ2v) is 21.9. The summed E-state index contributed by atoms with van der Waals surface area (Å²) in [6.07, 6.45) is 2.96. The molecule has 17 heteroatoms. The molecule has 3 heterocycles. The van der Waals surface area contributed by atoms with Crippen LogP contribution < -0.4 is 36.6 Å². The fourth-order valence-electron chi connectivity index (χ4n) is 10.7. The van der Waals surface area contributed by atoms with Gasteiger partial charge in [0, 0.05) is 62.3 Å². The molecule has 0 aliphatic carbocycles. The number of amides is 6. The van der Waals surface area contributed by atoms with Crippen LogP contribution >= 0.6 is 0 Å². The zero-order valence-electron chi connectivity index (χ0n) is 47.7. The molecule has 2 aliphatic heterocycles. The van der Waals surface area contributed by atoms with Crippen LogP contribution in [0, 0.1) is 20.8 Å². The van der Waals surface area contributed by atoms with Crippen molar-refractivity contribution in [2.24, 2.45) is 0 Å². The predicted octanol–water partition coefficient (Wildman–Crippen LogP) is 7.28. The van der Waals surface area contributed by atoms with Gasteiger partial charge >= 0.3 is 6.09 Å². The first-order valence-electron chi connectivity index (χ1n) is 28.7. The number of benzene rings is 5. The maximum atomic E-state index is 15.5. The van der Waals surface area contributed by atoms with Crippen molar-refractivity contribution in [2.75, 3.05) is 26.7 Å². The summed E-state index contributed by atoms with van der Waals surface area (Å²) in [6, 6.07) is 31.4. The highest BCUT2D eigenvalue weighted by Gasteiger charge is 2.45. The fraction of sp³-hybridized carbons (Fsp3) is 0.400. The molecule has 7 N–H and O–H groups in total. The molecule has 8 rings (SSSR count). The number of aryl methyl sites for hydroxylation is 3. The number of ketones is 1. The van der Waals surface area contributed by atoms with E-state index >= 15 is 28.8 Å². The number of hydrogen-bond acceptors (Lipinski definition) is 10. The van der Waals surface area contributed by atoms with E-state index in [1.807, 2.05) is 118 Å². The van der Waals surface area contributed by atoms with Crippen molar-refractivity contribution in [3.05, 3.63) is 172 Å². The number of aromatic amines is 1. The molecule has 7 atom stereocenters. The van der Waals surface area contributed by atoms with Crippen molar-refractivity contribution in [1.82, 2.24) is 41.8 Å². The average molecular weight is 1120 g/mol. The predicted molar refractivity (Wildman–Crippen MR) is 315 cm³/mol. The molecule has 0 bridgehead atoms. The Bertz CT molecular complexity index is 3140. The molecule has 0 unspecified atom stereocenters. The minimum Gasteiger partial charge on any atom is -0.489 e. The lowest BCUT2D eigenvalue weighted by Gasteiger charge is -2.31. The highest BCUT2D eigenvalue weighted by atomic mass is 16.6. The number of Topliss-reactive ketones (excluding diaryl/α,β-unsaturated/α-hetero) is 1. The molecule has 82 heavy (non-hydrogen) atoms. The van der Waals surface area contributed by atoms with E-state index in [0.29, 0.717) is 42.0 Å². The van der Waals surface area contributed by atoms with Crippen LogP contribution in [-0.2, 0) is 59.4 Å². The molecule has 6 amide bonds. The Morgan fingerprint density at radius 3 is 1.87 bits per heavy atom. The maximum absolute atomic E-state index is 15.5. The number of unbranched alkanes of at least 4 members (excludes halogenated alkanes) is 3. The van der Waals surface area contributed by atoms with Crippen molar-refractivity contribution in [3.8, 4) is 5.75 Å². The molecule has 6 aromatic rings. The van der Waals surface area contributed by atoms with E-state index in [1.54, 1.807) is 37.5 Å². The topological polar surface area (TPSA) is 229 Å². The Hall–Kier alpha value is -8.31. The Labute approximate surface area is 480 Å². The van der Waals surface area contributed by atoms with Crippen LogP contribution in [0.2, 0.25) is 0 Å². The van der Waals surface area contributed by atoms with Gasteiger partial charge in [-0.15, -0.1) is 0 Å². The number of nitrogens with zero attached hydrogens (tertiary/aromatic N) is 1. The summed E-state index contributed by atoms with van der Waals surface area (Å²) in [4.78, 5) is 109. The van der Waals surface area contributed by atoms with Gasteiger partial charge in [-0.2, -0.15) is 0 Å². The van der Waals surface area contributed by atoms with Gasteiger partial charge in [0.05, 0.1) is 18.5 Å². The quantitative estimate of drug-likeness (QED) is 0.0401. The van der Waals surface area contributed by atoms with Crippen molar-refractivity contribution in [1.29, 1.82) is 0 Å². The van der Waals surface area contributed by atoms with Gasteiger partial charge in [-0.25, -0.2) is 4.79 Å². The highest BCUT2D eigenvalue weighted by molar-refractivity contribution is 6.00. The van der Waals surface area contributed by atoms with E-state index in [9.17, 15) is 4.79 Å². The lowest BCUT2D eigenvalue weighted by molar-refractivity contribution is -0.142. The smallest absolute Gasteiger partial charge is 0.407 e. The number of fused-ring (bicyclic) bond motifs is 2. The Morgan fingerprint density at radius 2 is 1.20 bits per heavy atom. The van der Waals surface area contributed by atoms with E-state index in [4.69, 9.17) is 9.47 Å². The van der Waals surface area contributed by atoms with E-state index in [2.05, 4.69) is 43.8 Å². The van der Waals surface area contributed by atoms with Crippen LogP contribution in [0.1, 0.15) is 102 Å². The number of aromatic nitrogens is 1. The molecule has 2 saturated heterocycles. The van der Waals surface area contributed by atoms with Crippen molar-refractivity contribution in [3.63, 3.8) is 0 Å². The minimum atomic E-state index is -1.30. The third-order valence-electron chi connectivity index (χ3n) is 15.4. The van der Waals surface area contributed by atoms with Crippen LogP contribution in [0.5, 0.6) is 5.75 Å². The van der Waals surface area contributed by atoms with Gasteiger partial charge in [-0.3, -0.25) is 28.8 Å². The third kappa shape index (κ3) is 16.4. The molecule has 2 aliphatic rings. The van der Waals surface area contributed by atoms with Crippen LogP contribution in [0.4, 0.5) is 4.79 Å². The molecule has 2 fully saturated rings. The van der Waals surface area contributed by atoms with Crippen molar-refractivity contribution < 1.29 is 43.0 Å². The molecule has 432 valence electrons. The van der Waals surface area contributed by atoms with Crippen molar-refractivity contribution >= 4 is 52.3 Å². The first-order chi connectivity index (χ1) is 39.6. The number of ether oxygens (including phenoxy) is 2. The summed E-state index contributed by atoms with van der Waals surface area (Å²) in [5.41, 5.74) is 7.45. The Balaban J connectivity index is 1.20. The summed E-state index contributed by atoms with van der Waals surface area (Å²) in [5, 5.41) is 18.5. The molecule has 1 aromatic heterocycles. The first-order valence-corrected chi connectivity index (χ1v) is 28.7. The number of alkyl carbamates (subject to hydrolysis) is 1. The third-order valence-corrected chi connectivity index (χ3v) is 15.4. The van der Waals surface area contributed by atoms with Gasteiger partial charge in [-0.1, -0.05) is 152 Å². The van der Waals surface area contributed by atoms with Crippen LogP contribution in [0.25, 0.3) is 10.9 Å². The average Bonchev–Trinajstić information content (AvgIpc) is 4.17. The number of likely N-dealkylation sites (N-methyl/N-ethyl adjacent to an activating group) is 1. The number of hydrogen-bond donors (Lipinski definition) is 7. The lowest BCUT2D eigenvalue weighted by Crippen LogP contribution is -2.60. The van der Waals surface area contributed by atoms with Gasteiger partial charge in [0.2, 0.25) is 29.5 Å². The summed E-state index contributed by atoms with van der Waals surface area (Å²) in [7, 11) is 1.75. The lowest BCUT2D eigenvalue weighted by atomic mass is 9.89. The normalized spacial score (nSPS) is 21.1.